The molecule has 0 atom stereocenters. The van der Waals surface area contributed by atoms with Crippen LogP contribution in [-0.2, 0) is 11.3 Å². The summed E-state index contributed by atoms with van der Waals surface area (Å²) < 4.78 is 6.87. The molecule has 0 aliphatic rings. The number of amides is 1. The topological polar surface area (TPSA) is 73.2 Å². The number of aryl methyl sites for hydroxylation is 1. The minimum atomic E-state index is -0.193. The van der Waals surface area contributed by atoms with Crippen molar-refractivity contribution in [1.82, 2.24) is 14.9 Å². The maximum atomic E-state index is 12.4. The summed E-state index contributed by atoms with van der Waals surface area (Å²) in [6, 6.07) is 14.3. The van der Waals surface area contributed by atoms with Crippen LogP contribution < -0.4 is 15.6 Å². The van der Waals surface area contributed by atoms with E-state index in [1.165, 1.54) is 10.9 Å². The summed E-state index contributed by atoms with van der Waals surface area (Å²) in [6.45, 7) is 0.638. The number of benzene rings is 2. The van der Waals surface area contributed by atoms with Gasteiger partial charge in [-0.25, -0.2) is 4.98 Å². The Labute approximate surface area is 167 Å². The summed E-state index contributed by atoms with van der Waals surface area (Å²) >= 11 is 5.98. The molecule has 0 saturated carbocycles. The molecule has 0 bridgehead atoms. The number of fused-ring (bicyclic) bond motifs is 1. The Bertz CT molecular complexity index is 1100. The molecule has 0 aliphatic heterocycles. The zero-order valence-electron chi connectivity index (χ0n) is 15.0. The maximum absolute atomic E-state index is 12.4. The molecule has 6 nitrogen and oxygen atoms in total. The number of halogens is 1. The Kier molecular flexibility index (Phi) is 6.66. The van der Waals surface area contributed by atoms with E-state index < -0.39 is 0 Å². The molecule has 0 saturated heterocycles. The van der Waals surface area contributed by atoms with Crippen molar-refractivity contribution in [2.24, 2.45) is 0 Å². The molecule has 1 amide bonds. The predicted molar refractivity (Wildman–Crippen MR) is 108 cm³/mol. The van der Waals surface area contributed by atoms with E-state index in [2.05, 4.69) is 22.1 Å². The second-order valence-corrected chi connectivity index (χ2v) is 6.27. The number of aromatic nitrogens is 2. The number of ether oxygens (including phenoxy) is 1. The highest BCUT2D eigenvalue weighted by atomic mass is 35.5. The SMILES string of the molecule is O=C(CCn1cnc2ccccc2c1=O)NCC#CCOc1ccccc1Cl. The molecule has 28 heavy (non-hydrogen) atoms. The van der Waals surface area contributed by atoms with Gasteiger partial charge in [0.05, 0.1) is 28.8 Å². The van der Waals surface area contributed by atoms with Crippen LogP contribution in [0.5, 0.6) is 5.75 Å². The second kappa shape index (κ2) is 9.58. The molecule has 1 aromatic heterocycles. The fraction of sp³-hybridized carbons (Fsp3) is 0.190. The number of para-hydroxylation sites is 2. The summed E-state index contributed by atoms with van der Waals surface area (Å²) in [5.74, 6) is 5.99. The van der Waals surface area contributed by atoms with Crippen LogP contribution in [0.3, 0.4) is 0 Å². The standard InChI is InChI=1S/C21H18ClN3O3/c22-17-8-2-4-10-19(17)28-14-6-5-12-23-20(26)11-13-25-15-24-18-9-3-1-7-16(18)21(25)27/h1-4,7-10,15H,11-14H2,(H,23,26). The lowest BCUT2D eigenvalue weighted by atomic mass is 10.2. The van der Waals surface area contributed by atoms with E-state index in [1.807, 2.05) is 18.2 Å². The van der Waals surface area contributed by atoms with Crippen LogP contribution >= 0.6 is 11.6 Å². The zero-order valence-corrected chi connectivity index (χ0v) is 15.8. The normalized spacial score (nSPS) is 10.2. The molecule has 2 aromatic carbocycles. The Morgan fingerprint density at radius 1 is 1.14 bits per heavy atom. The largest absolute Gasteiger partial charge is 0.479 e. The second-order valence-electron chi connectivity index (χ2n) is 5.86. The van der Waals surface area contributed by atoms with Crippen LogP contribution in [-0.4, -0.2) is 28.6 Å². The lowest BCUT2D eigenvalue weighted by molar-refractivity contribution is -0.121. The smallest absolute Gasteiger partial charge is 0.261 e. The van der Waals surface area contributed by atoms with Gasteiger partial charge >= 0.3 is 0 Å². The number of nitrogens with one attached hydrogen (secondary N) is 1. The quantitative estimate of drug-likeness (QED) is 0.651. The summed E-state index contributed by atoms with van der Waals surface area (Å²) in [4.78, 5) is 28.5. The van der Waals surface area contributed by atoms with Crippen LogP contribution in [0.2, 0.25) is 5.02 Å². The van der Waals surface area contributed by atoms with Gasteiger partial charge in [0, 0.05) is 13.0 Å². The van der Waals surface area contributed by atoms with Gasteiger partial charge in [-0.05, 0) is 24.3 Å². The van der Waals surface area contributed by atoms with E-state index in [-0.39, 0.29) is 37.6 Å². The third kappa shape index (κ3) is 5.12. The molecule has 1 heterocycles. The van der Waals surface area contributed by atoms with Gasteiger partial charge in [0.25, 0.3) is 5.56 Å². The van der Waals surface area contributed by atoms with Gasteiger partial charge in [0.1, 0.15) is 12.4 Å². The van der Waals surface area contributed by atoms with Gasteiger partial charge in [-0.1, -0.05) is 47.7 Å². The van der Waals surface area contributed by atoms with Gasteiger partial charge in [0.2, 0.25) is 5.91 Å². The molecule has 142 valence electrons. The molecule has 0 radical (unpaired) electrons. The predicted octanol–water partition coefficient (Wildman–Crippen LogP) is 2.64. The van der Waals surface area contributed by atoms with Crippen LogP contribution in [0, 0.1) is 11.8 Å². The van der Waals surface area contributed by atoms with Crippen LogP contribution in [0.25, 0.3) is 10.9 Å². The fourth-order valence-electron chi connectivity index (χ4n) is 2.51. The Hall–Kier alpha value is -3.30. The maximum Gasteiger partial charge on any atom is 0.261 e. The number of rotatable bonds is 6. The molecule has 3 aromatic rings. The van der Waals surface area contributed by atoms with Gasteiger partial charge in [-0.15, -0.1) is 0 Å². The lowest BCUT2D eigenvalue weighted by Gasteiger charge is -2.06. The van der Waals surface area contributed by atoms with E-state index in [0.717, 1.165) is 0 Å². The number of hydrogen-bond acceptors (Lipinski definition) is 4. The van der Waals surface area contributed by atoms with E-state index in [1.54, 1.807) is 30.3 Å². The van der Waals surface area contributed by atoms with Crippen LogP contribution in [0.1, 0.15) is 6.42 Å². The average Bonchev–Trinajstić information content (AvgIpc) is 2.71. The highest BCUT2D eigenvalue weighted by Gasteiger charge is 2.05. The van der Waals surface area contributed by atoms with Crippen molar-refractivity contribution < 1.29 is 9.53 Å². The minimum absolute atomic E-state index is 0.157. The molecule has 1 N–H and O–H groups in total. The van der Waals surface area contributed by atoms with Crippen LogP contribution in [0.15, 0.2) is 59.7 Å². The molecule has 0 spiro atoms. The van der Waals surface area contributed by atoms with Crippen molar-refractivity contribution in [2.45, 2.75) is 13.0 Å². The molecule has 0 unspecified atom stereocenters. The number of nitrogens with zero attached hydrogens (tertiary/aromatic N) is 2. The van der Waals surface area contributed by atoms with Crippen molar-refractivity contribution in [2.75, 3.05) is 13.2 Å². The van der Waals surface area contributed by atoms with Crippen molar-refractivity contribution in [3.05, 3.63) is 70.2 Å². The first-order valence-corrected chi connectivity index (χ1v) is 9.07. The summed E-state index contributed by atoms with van der Waals surface area (Å²) in [7, 11) is 0. The molecule has 3 rings (SSSR count). The van der Waals surface area contributed by atoms with Gasteiger partial charge in [-0.3, -0.25) is 14.2 Å². The molecular formula is C21H18ClN3O3. The van der Waals surface area contributed by atoms with Crippen molar-refractivity contribution in [3.63, 3.8) is 0 Å². The Balaban J connectivity index is 1.43. The molecule has 0 aliphatic carbocycles. The minimum Gasteiger partial charge on any atom is -0.479 e. The van der Waals surface area contributed by atoms with E-state index >= 15 is 0 Å². The highest BCUT2D eigenvalue weighted by molar-refractivity contribution is 6.32. The molecule has 0 fully saturated rings. The van der Waals surface area contributed by atoms with Gasteiger partial charge in [-0.2, -0.15) is 0 Å². The lowest BCUT2D eigenvalue weighted by Crippen LogP contribution is -2.27. The van der Waals surface area contributed by atoms with Crippen molar-refractivity contribution >= 4 is 28.4 Å². The Morgan fingerprint density at radius 3 is 2.79 bits per heavy atom. The van der Waals surface area contributed by atoms with Crippen LogP contribution in [0.4, 0.5) is 0 Å². The number of carbonyl (C=O) groups excluding carboxylic acids is 1. The van der Waals surface area contributed by atoms with E-state index in [4.69, 9.17) is 16.3 Å². The fourth-order valence-corrected chi connectivity index (χ4v) is 2.70. The van der Waals surface area contributed by atoms with Crippen molar-refractivity contribution in [3.8, 4) is 17.6 Å². The number of hydrogen-bond donors (Lipinski definition) is 1. The first kappa shape index (κ1) is 19.5. The molecular weight excluding hydrogens is 378 g/mol. The molecule has 7 heteroatoms. The first-order chi connectivity index (χ1) is 13.6. The van der Waals surface area contributed by atoms with Gasteiger partial charge in [0.15, 0.2) is 0 Å². The zero-order chi connectivity index (χ0) is 19.8. The Morgan fingerprint density at radius 2 is 1.93 bits per heavy atom. The van der Waals surface area contributed by atoms with Crippen molar-refractivity contribution in [1.29, 1.82) is 0 Å². The van der Waals surface area contributed by atoms with Gasteiger partial charge < -0.3 is 10.1 Å². The monoisotopic (exact) mass is 395 g/mol. The summed E-state index contributed by atoms with van der Waals surface area (Å²) in [6.07, 6.45) is 1.63. The third-order valence-corrected chi connectivity index (χ3v) is 4.26. The number of carbonyl (C=O) groups is 1. The highest BCUT2D eigenvalue weighted by Crippen LogP contribution is 2.22. The van der Waals surface area contributed by atoms with E-state index in [0.29, 0.717) is 21.7 Å². The summed E-state index contributed by atoms with van der Waals surface area (Å²) in [5, 5.41) is 3.75. The average molecular weight is 396 g/mol. The van der Waals surface area contributed by atoms with E-state index in [9.17, 15) is 9.59 Å². The first-order valence-electron chi connectivity index (χ1n) is 8.69. The summed E-state index contributed by atoms with van der Waals surface area (Å²) in [5.41, 5.74) is 0.484. The third-order valence-electron chi connectivity index (χ3n) is 3.95.